The van der Waals surface area contributed by atoms with Gasteiger partial charge in [-0.25, -0.2) is 0 Å². The maximum Gasteiger partial charge on any atom is 0.123 e. The molecule has 1 unspecified atom stereocenters. The zero-order valence-electron chi connectivity index (χ0n) is 8.09. The number of halogens is 1. The Morgan fingerprint density at radius 2 is 2.36 bits per heavy atom. The minimum absolute atomic E-state index is 0.0825. The van der Waals surface area contributed by atoms with Crippen LogP contribution in [-0.2, 0) is 6.42 Å². The molecule has 0 spiro atoms. The maximum absolute atomic E-state index is 9.14. The van der Waals surface area contributed by atoms with E-state index in [1.165, 1.54) is 5.56 Å². The van der Waals surface area contributed by atoms with Crippen LogP contribution in [0.25, 0.3) is 0 Å². The van der Waals surface area contributed by atoms with E-state index in [1.54, 1.807) is 0 Å². The molecule has 0 aliphatic carbocycles. The molecule has 1 aliphatic heterocycles. The highest BCUT2D eigenvalue weighted by Crippen LogP contribution is 2.37. The summed E-state index contributed by atoms with van der Waals surface area (Å²) in [6, 6.07) is 3.74. The molecule has 0 aromatic heterocycles. The lowest BCUT2D eigenvalue weighted by molar-refractivity contribution is 0.272. The highest BCUT2D eigenvalue weighted by Gasteiger charge is 2.21. The molecule has 0 bridgehead atoms. The van der Waals surface area contributed by atoms with Crippen molar-refractivity contribution in [2.45, 2.75) is 19.3 Å². The first-order chi connectivity index (χ1) is 6.74. The summed E-state index contributed by atoms with van der Waals surface area (Å²) in [7, 11) is 0. The second-order valence-corrected chi connectivity index (χ2v) is 4.03. The van der Waals surface area contributed by atoms with Gasteiger partial charge in [-0.15, -0.1) is 0 Å². The van der Waals surface area contributed by atoms with Crippen LogP contribution in [0.1, 0.15) is 24.0 Å². The maximum atomic E-state index is 9.14. The third-order valence-corrected chi connectivity index (χ3v) is 2.97. The van der Waals surface area contributed by atoms with Gasteiger partial charge < -0.3 is 9.84 Å². The van der Waals surface area contributed by atoms with E-state index in [-0.39, 0.29) is 12.5 Å². The molecule has 2 nitrogen and oxygen atoms in total. The third kappa shape index (κ3) is 1.49. The van der Waals surface area contributed by atoms with Crippen LogP contribution in [0.4, 0.5) is 0 Å². The molecule has 1 aliphatic rings. The molecule has 0 amide bonds. The van der Waals surface area contributed by atoms with E-state index in [4.69, 9.17) is 21.4 Å². The molecule has 1 heterocycles. The van der Waals surface area contributed by atoms with Gasteiger partial charge in [0.05, 0.1) is 6.61 Å². The minimum atomic E-state index is 0.0825. The quantitative estimate of drug-likeness (QED) is 0.816. The lowest BCUT2D eigenvalue weighted by Crippen LogP contribution is -2.03. The topological polar surface area (TPSA) is 29.5 Å². The Kier molecular flexibility index (Phi) is 2.66. The number of hydrogen-bond donors (Lipinski definition) is 1. The molecule has 1 N–H and O–H groups in total. The van der Waals surface area contributed by atoms with E-state index in [9.17, 15) is 0 Å². The largest absolute Gasteiger partial charge is 0.493 e. The molecular weight excluding hydrogens is 200 g/mol. The molecule has 0 saturated heterocycles. The fourth-order valence-corrected chi connectivity index (χ4v) is 2.26. The van der Waals surface area contributed by atoms with Crippen molar-refractivity contribution >= 4 is 11.6 Å². The molecule has 0 fully saturated rings. The average Bonchev–Trinajstić information content (AvgIpc) is 2.64. The smallest absolute Gasteiger partial charge is 0.123 e. The molecule has 1 aromatic carbocycles. The van der Waals surface area contributed by atoms with Gasteiger partial charge >= 0.3 is 0 Å². The zero-order chi connectivity index (χ0) is 10.1. The molecule has 0 radical (unpaired) electrons. The van der Waals surface area contributed by atoms with Gasteiger partial charge in [0.2, 0.25) is 0 Å². The van der Waals surface area contributed by atoms with Crippen LogP contribution in [0.3, 0.4) is 0 Å². The fourth-order valence-electron chi connectivity index (χ4n) is 1.90. The number of fused-ring (bicyclic) bond motifs is 1. The molecule has 0 saturated carbocycles. The van der Waals surface area contributed by atoms with Crippen molar-refractivity contribution in [2.75, 3.05) is 13.2 Å². The third-order valence-electron chi connectivity index (χ3n) is 2.64. The van der Waals surface area contributed by atoms with Gasteiger partial charge in [0.1, 0.15) is 5.75 Å². The van der Waals surface area contributed by atoms with Crippen LogP contribution in [0.15, 0.2) is 12.1 Å². The number of aliphatic hydroxyl groups excluding tert-OH is 1. The minimum Gasteiger partial charge on any atom is -0.493 e. The van der Waals surface area contributed by atoms with Crippen LogP contribution in [0, 0.1) is 0 Å². The standard InChI is InChI=1S/C11H13ClO2/c1-7(6-13)11-8-4-5-14-10(8)3-2-9(11)12/h2-3,7,13H,4-6H2,1H3. The Balaban J connectivity index is 2.51. The summed E-state index contributed by atoms with van der Waals surface area (Å²) in [5, 5.41) is 9.88. The predicted octanol–water partition coefficient (Wildman–Crippen LogP) is 2.37. The molecule has 1 atom stereocenters. The molecular formula is C11H13ClO2. The molecule has 14 heavy (non-hydrogen) atoms. The van der Waals surface area contributed by atoms with Crippen molar-refractivity contribution in [1.29, 1.82) is 0 Å². The van der Waals surface area contributed by atoms with Gasteiger partial charge in [-0.2, -0.15) is 0 Å². The SMILES string of the molecule is CC(CO)c1c(Cl)ccc2c1CCO2. The van der Waals surface area contributed by atoms with Crippen LogP contribution < -0.4 is 4.74 Å². The Labute approximate surface area is 88.5 Å². The van der Waals surface area contributed by atoms with Gasteiger partial charge in [-0.1, -0.05) is 18.5 Å². The first kappa shape index (κ1) is 9.81. The van der Waals surface area contributed by atoms with E-state index in [0.29, 0.717) is 0 Å². The van der Waals surface area contributed by atoms with E-state index < -0.39 is 0 Å². The van der Waals surface area contributed by atoms with Crippen molar-refractivity contribution in [2.24, 2.45) is 0 Å². The summed E-state index contributed by atoms with van der Waals surface area (Å²) in [6.07, 6.45) is 0.898. The fraction of sp³-hybridized carbons (Fsp3) is 0.455. The number of benzene rings is 1. The van der Waals surface area contributed by atoms with Crippen molar-refractivity contribution in [3.63, 3.8) is 0 Å². The van der Waals surface area contributed by atoms with Crippen LogP contribution in [0.2, 0.25) is 5.02 Å². The van der Waals surface area contributed by atoms with Gasteiger partial charge in [0, 0.05) is 29.5 Å². The first-order valence-electron chi connectivity index (χ1n) is 4.79. The normalized spacial score (nSPS) is 16.2. The van der Waals surface area contributed by atoms with Crippen molar-refractivity contribution in [3.05, 3.63) is 28.3 Å². The molecule has 76 valence electrons. The van der Waals surface area contributed by atoms with Gasteiger partial charge in [-0.3, -0.25) is 0 Å². The highest BCUT2D eigenvalue weighted by molar-refractivity contribution is 6.31. The predicted molar refractivity (Wildman–Crippen MR) is 56.2 cm³/mol. The van der Waals surface area contributed by atoms with E-state index in [1.807, 2.05) is 19.1 Å². The summed E-state index contributed by atoms with van der Waals surface area (Å²) in [5.41, 5.74) is 2.21. The Morgan fingerprint density at radius 3 is 3.07 bits per heavy atom. The van der Waals surface area contributed by atoms with E-state index >= 15 is 0 Å². The number of hydrogen-bond acceptors (Lipinski definition) is 2. The van der Waals surface area contributed by atoms with Crippen molar-refractivity contribution in [1.82, 2.24) is 0 Å². The highest BCUT2D eigenvalue weighted by atomic mass is 35.5. The Hall–Kier alpha value is -0.730. The second-order valence-electron chi connectivity index (χ2n) is 3.62. The van der Waals surface area contributed by atoms with Crippen LogP contribution in [-0.4, -0.2) is 18.3 Å². The number of ether oxygens (including phenoxy) is 1. The van der Waals surface area contributed by atoms with E-state index in [2.05, 4.69) is 0 Å². The summed E-state index contributed by atoms with van der Waals surface area (Å²) in [4.78, 5) is 0. The summed E-state index contributed by atoms with van der Waals surface area (Å²) >= 11 is 6.11. The Bertz CT molecular complexity index is 349. The second kappa shape index (κ2) is 3.79. The summed E-state index contributed by atoms with van der Waals surface area (Å²) < 4.78 is 5.45. The summed E-state index contributed by atoms with van der Waals surface area (Å²) in [5.74, 6) is 1.00. The van der Waals surface area contributed by atoms with Crippen molar-refractivity contribution in [3.8, 4) is 5.75 Å². The van der Waals surface area contributed by atoms with E-state index in [0.717, 1.165) is 29.4 Å². The molecule has 1 aromatic rings. The molecule has 3 heteroatoms. The van der Waals surface area contributed by atoms with Gasteiger partial charge in [0.15, 0.2) is 0 Å². The molecule has 2 rings (SSSR count). The number of rotatable bonds is 2. The number of aliphatic hydroxyl groups is 1. The van der Waals surface area contributed by atoms with Crippen LogP contribution >= 0.6 is 11.6 Å². The first-order valence-corrected chi connectivity index (χ1v) is 5.16. The Morgan fingerprint density at radius 1 is 1.57 bits per heavy atom. The zero-order valence-corrected chi connectivity index (χ0v) is 8.84. The van der Waals surface area contributed by atoms with Crippen molar-refractivity contribution < 1.29 is 9.84 Å². The lowest BCUT2D eigenvalue weighted by Gasteiger charge is -2.14. The lowest BCUT2D eigenvalue weighted by atomic mass is 9.95. The van der Waals surface area contributed by atoms with Gasteiger partial charge in [-0.05, 0) is 17.7 Å². The summed E-state index contributed by atoms with van der Waals surface area (Å²) in [6.45, 7) is 2.82. The van der Waals surface area contributed by atoms with Gasteiger partial charge in [0.25, 0.3) is 0 Å². The monoisotopic (exact) mass is 212 g/mol. The average molecular weight is 213 g/mol. The van der Waals surface area contributed by atoms with Crippen LogP contribution in [0.5, 0.6) is 5.75 Å².